The van der Waals surface area contributed by atoms with E-state index in [-0.39, 0.29) is 11.3 Å². The second-order valence-corrected chi connectivity index (χ2v) is 4.22. The zero-order valence-electron chi connectivity index (χ0n) is 9.82. The highest BCUT2D eigenvalue weighted by atomic mass is 19.1. The van der Waals surface area contributed by atoms with E-state index < -0.39 is 22.4 Å². The van der Waals surface area contributed by atoms with Crippen LogP contribution in [-0.4, -0.2) is 16.5 Å². The molecule has 0 spiro atoms. The lowest BCUT2D eigenvalue weighted by Gasteiger charge is -2.25. The van der Waals surface area contributed by atoms with Crippen molar-refractivity contribution >= 4 is 5.78 Å². The maximum absolute atomic E-state index is 14.1. The van der Waals surface area contributed by atoms with Gasteiger partial charge in [0.25, 0.3) is 5.70 Å². The number of alkyl halides is 1. The number of carbonyl (C=O) groups excluding carboxylic acids is 1. The van der Waals surface area contributed by atoms with Gasteiger partial charge in [-0.3, -0.25) is 20.6 Å². The van der Waals surface area contributed by atoms with Crippen molar-refractivity contribution in [3.63, 3.8) is 0 Å². The lowest BCUT2D eigenvalue weighted by molar-refractivity contribution is -0.419. The highest BCUT2D eigenvalue weighted by Crippen LogP contribution is 2.29. The average Bonchev–Trinajstić information content (AvgIpc) is 2.38. The van der Waals surface area contributed by atoms with Crippen LogP contribution in [0.3, 0.4) is 0 Å². The van der Waals surface area contributed by atoms with Crippen molar-refractivity contribution in [1.29, 1.82) is 0 Å². The van der Waals surface area contributed by atoms with E-state index in [1.165, 1.54) is 12.1 Å². The van der Waals surface area contributed by atoms with Crippen LogP contribution in [0.25, 0.3) is 0 Å². The van der Waals surface area contributed by atoms with Crippen LogP contribution in [0.2, 0.25) is 0 Å². The first-order chi connectivity index (χ1) is 8.92. The Bertz CT molecular complexity index is 579. The Kier molecular flexibility index (Phi) is 3.26. The molecule has 0 saturated heterocycles. The Morgan fingerprint density at radius 2 is 2.00 bits per heavy atom. The van der Waals surface area contributed by atoms with Crippen molar-refractivity contribution in [3.8, 4) is 0 Å². The number of carbonyl (C=O) groups is 1. The minimum absolute atomic E-state index is 0.259. The number of hydrogen-bond donors (Lipinski definition) is 1. The molecule has 0 amide bonds. The van der Waals surface area contributed by atoms with Gasteiger partial charge in [-0.25, -0.2) is 4.39 Å². The van der Waals surface area contributed by atoms with Crippen molar-refractivity contribution in [2.24, 2.45) is 11.7 Å². The van der Waals surface area contributed by atoms with Crippen LogP contribution in [0, 0.1) is 16.0 Å². The predicted molar refractivity (Wildman–Crippen MR) is 66.5 cm³/mol. The van der Waals surface area contributed by atoms with Gasteiger partial charge >= 0.3 is 0 Å². The van der Waals surface area contributed by atoms with Crippen molar-refractivity contribution in [3.05, 3.63) is 69.9 Å². The third-order valence-corrected chi connectivity index (χ3v) is 2.88. The number of benzene rings is 1. The molecular formula is C13H11FN2O3. The number of nitrogens with two attached hydrogens (primary N) is 1. The second kappa shape index (κ2) is 4.74. The Labute approximate surface area is 108 Å². The summed E-state index contributed by atoms with van der Waals surface area (Å²) in [7, 11) is 0. The second-order valence-electron chi connectivity index (χ2n) is 4.22. The van der Waals surface area contributed by atoms with E-state index in [9.17, 15) is 19.3 Å². The van der Waals surface area contributed by atoms with Crippen LogP contribution in [-0.2, 0) is 0 Å². The van der Waals surface area contributed by atoms with Gasteiger partial charge in [-0.05, 0) is 6.08 Å². The highest BCUT2D eigenvalue weighted by Gasteiger charge is 2.41. The molecule has 2 atom stereocenters. The van der Waals surface area contributed by atoms with Crippen molar-refractivity contribution in [2.45, 2.75) is 5.79 Å². The number of Topliss-reactive ketones (excluding diaryl/α,β-unsaturated/α-hetero) is 1. The molecule has 0 unspecified atom stereocenters. The molecule has 2 rings (SSSR count). The Hall–Kier alpha value is -2.34. The summed E-state index contributed by atoms with van der Waals surface area (Å²) in [6.45, 7) is 0. The molecule has 1 aliphatic carbocycles. The fourth-order valence-electron chi connectivity index (χ4n) is 1.85. The van der Waals surface area contributed by atoms with Gasteiger partial charge in [0, 0.05) is 17.7 Å². The topological polar surface area (TPSA) is 86.2 Å². The Morgan fingerprint density at radius 1 is 1.37 bits per heavy atom. The van der Waals surface area contributed by atoms with Gasteiger partial charge in [0.15, 0.2) is 11.6 Å². The maximum atomic E-state index is 14.1. The number of hydrogen-bond acceptors (Lipinski definition) is 4. The highest BCUT2D eigenvalue weighted by molar-refractivity contribution is 6.00. The molecule has 0 saturated carbocycles. The molecule has 1 aromatic carbocycles. The van der Waals surface area contributed by atoms with Gasteiger partial charge in [-0.15, -0.1) is 0 Å². The van der Waals surface area contributed by atoms with Gasteiger partial charge in [-0.2, -0.15) is 0 Å². The standard InChI is InChI=1S/C13H11FN2O3/c14-13(15)7-6-10(16(18)19)8-11(13)12(17)9-4-2-1-3-5-9/h1-8,11H,15H2/t11-,13+/m1/s1. The predicted octanol–water partition coefficient (Wildman–Crippen LogP) is 1.84. The molecule has 19 heavy (non-hydrogen) atoms. The normalized spacial score (nSPS) is 25.8. The van der Waals surface area contributed by atoms with E-state index in [0.29, 0.717) is 0 Å². The van der Waals surface area contributed by atoms with E-state index in [1.807, 2.05) is 0 Å². The summed E-state index contributed by atoms with van der Waals surface area (Å²) in [5, 5.41) is 10.7. The van der Waals surface area contributed by atoms with Gasteiger partial charge in [-0.1, -0.05) is 30.3 Å². The monoisotopic (exact) mass is 262 g/mol. The van der Waals surface area contributed by atoms with Gasteiger partial charge in [0.1, 0.15) is 0 Å². The van der Waals surface area contributed by atoms with Gasteiger partial charge in [0.2, 0.25) is 0 Å². The summed E-state index contributed by atoms with van der Waals surface area (Å²) in [5.41, 5.74) is 5.30. The van der Waals surface area contributed by atoms with E-state index in [2.05, 4.69) is 0 Å². The Balaban J connectivity index is 2.39. The van der Waals surface area contributed by atoms with Crippen molar-refractivity contribution in [2.75, 3.05) is 0 Å². The summed E-state index contributed by atoms with van der Waals surface area (Å²) in [4.78, 5) is 22.2. The number of ketones is 1. The fraction of sp³-hybridized carbons (Fsp3) is 0.154. The number of rotatable bonds is 3. The average molecular weight is 262 g/mol. The lowest BCUT2D eigenvalue weighted by atomic mass is 9.85. The van der Waals surface area contributed by atoms with E-state index in [4.69, 9.17) is 5.73 Å². The summed E-state index contributed by atoms with van der Waals surface area (Å²) in [6.07, 6.45) is 2.76. The summed E-state index contributed by atoms with van der Waals surface area (Å²) < 4.78 is 14.1. The van der Waals surface area contributed by atoms with Crippen molar-refractivity contribution in [1.82, 2.24) is 0 Å². The molecule has 5 nitrogen and oxygen atoms in total. The third-order valence-electron chi connectivity index (χ3n) is 2.88. The molecule has 1 aromatic rings. The lowest BCUT2D eigenvalue weighted by Crippen LogP contribution is -2.45. The minimum Gasteiger partial charge on any atom is -0.295 e. The molecule has 0 aliphatic heterocycles. The number of nitrogens with zero attached hydrogens (tertiary/aromatic N) is 1. The van der Waals surface area contributed by atoms with Gasteiger partial charge in [0.05, 0.1) is 10.8 Å². The van der Waals surface area contributed by atoms with E-state index in [0.717, 1.165) is 18.2 Å². The molecule has 6 heteroatoms. The van der Waals surface area contributed by atoms with Crippen molar-refractivity contribution < 1.29 is 14.1 Å². The molecule has 2 N–H and O–H groups in total. The van der Waals surface area contributed by atoms with Crippen LogP contribution < -0.4 is 5.73 Å². The molecule has 1 aliphatic rings. The van der Waals surface area contributed by atoms with Crippen LogP contribution in [0.15, 0.2) is 54.3 Å². The first kappa shape index (κ1) is 13.1. The molecule has 0 bridgehead atoms. The van der Waals surface area contributed by atoms with E-state index in [1.54, 1.807) is 18.2 Å². The zero-order valence-corrected chi connectivity index (χ0v) is 9.82. The summed E-state index contributed by atoms with van der Waals surface area (Å²) >= 11 is 0. The SMILES string of the molecule is N[C@@]1(F)C=CC([N+](=O)[O-])=C[C@@H]1C(=O)c1ccccc1. The summed E-state index contributed by atoms with van der Waals surface area (Å²) in [5.74, 6) is -4.42. The molecule has 0 fully saturated rings. The number of allylic oxidation sites excluding steroid dienone is 1. The first-order valence-electron chi connectivity index (χ1n) is 5.54. The smallest absolute Gasteiger partial charge is 0.266 e. The minimum atomic E-state index is -2.42. The van der Waals surface area contributed by atoms with Crippen LogP contribution in [0.5, 0.6) is 0 Å². The quantitative estimate of drug-likeness (QED) is 0.390. The molecule has 0 heterocycles. The maximum Gasteiger partial charge on any atom is 0.266 e. The van der Waals surface area contributed by atoms with Crippen LogP contribution in [0.1, 0.15) is 10.4 Å². The van der Waals surface area contributed by atoms with Gasteiger partial charge < -0.3 is 0 Å². The zero-order chi connectivity index (χ0) is 14.0. The third kappa shape index (κ3) is 2.58. The Morgan fingerprint density at radius 3 is 2.58 bits per heavy atom. The first-order valence-corrected chi connectivity index (χ1v) is 5.54. The summed E-state index contributed by atoms with van der Waals surface area (Å²) in [6, 6.07) is 7.98. The van der Waals surface area contributed by atoms with Crippen LogP contribution >= 0.6 is 0 Å². The molecule has 0 aromatic heterocycles. The largest absolute Gasteiger partial charge is 0.295 e. The van der Waals surface area contributed by atoms with Crippen LogP contribution in [0.4, 0.5) is 4.39 Å². The number of halogens is 1. The molecular weight excluding hydrogens is 251 g/mol. The molecule has 0 radical (unpaired) electrons. The number of nitro groups is 1. The van der Waals surface area contributed by atoms with E-state index >= 15 is 0 Å². The fourth-order valence-corrected chi connectivity index (χ4v) is 1.85. The molecule has 98 valence electrons.